The predicted molar refractivity (Wildman–Crippen MR) is 109 cm³/mol. The lowest BCUT2D eigenvalue weighted by Crippen LogP contribution is -2.64. The number of fused-ring (bicyclic) bond motifs is 3. The lowest BCUT2D eigenvalue weighted by Gasteiger charge is -2.61. The zero-order valence-corrected chi connectivity index (χ0v) is 16.3. The Labute approximate surface area is 170 Å². The summed E-state index contributed by atoms with van der Waals surface area (Å²) in [7, 11) is 0. The van der Waals surface area contributed by atoms with Gasteiger partial charge in [0.05, 0.1) is 0 Å². The maximum atomic E-state index is 12.5. The quantitative estimate of drug-likeness (QED) is 0.784. The molecule has 2 aromatic rings. The lowest BCUT2D eigenvalue weighted by atomic mass is 9.46. The second kappa shape index (κ2) is 6.90. The second-order valence-electron chi connectivity index (χ2n) is 8.64. The van der Waals surface area contributed by atoms with Crippen LogP contribution in [0.2, 0.25) is 0 Å². The molecule has 0 radical (unpaired) electrons. The summed E-state index contributed by atoms with van der Waals surface area (Å²) in [4.78, 5) is 23.6. The summed E-state index contributed by atoms with van der Waals surface area (Å²) in [6.07, 6.45) is 3.65. The number of carbonyl (C=O) groups is 2. The average molecular weight is 391 g/mol. The molecule has 5 heteroatoms. The molecule has 5 rings (SSSR count). The molecular formula is C24H25NO4. The Hall–Kier alpha value is -2.82. The molecule has 0 aliphatic heterocycles. The zero-order chi connectivity index (χ0) is 20.0. The molecule has 2 aromatic carbocycles. The molecule has 3 aliphatic rings. The van der Waals surface area contributed by atoms with Crippen LogP contribution in [0.25, 0.3) is 11.1 Å². The van der Waals surface area contributed by atoms with E-state index < -0.39 is 12.1 Å². The minimum absolute atomic E-state index is 0.0238. The highest BCUT2D eigenvalue weighted by atomic mass is 16.5. The van der Waals surface area contributed by atoms with E-state index in [9.17, 15) is 9.59 Å². The summed E-state index contributed by atoms with van der Waals surface area (Å²) in [6.45, 7) is 0.304. The average Bonchev–Trinajstić information content (AvgIpc) is 2.98. The van der Waals surface area contributed by atoms with Gasteiger partial charge in [0.25, 0.3) is 0 Å². The van der Waals surface area contributed by atoms with Crippen LogP contribution >= 0.6 is 0 Å². The van der Waals surface area contributed by atoms with Crippen LogP contribution in [0.1, 0.15) is 49.1 Å². The number of hydrogen-bond donors (Lipinski definition) is 2. The molecule has 1 spiro atoms. The van der Waals surface area contributed by atoms with E-state index in [1.807, 2.05) is 24.3 Å². The number of alkyl carbamates (subject to hydrolysis) is 1. The van der Waals surface area contributed by atoms with E-state index in [-0.39, 0.29) is 29.7 Å². The first-order valence-electron chi connectivity index (χ1n) is 10.4. The number of ether oxygens (including phenoxy) is 1. The number of carbonyl (C=O) groups excluding carboxylic acids is 1. The molecule has 29 heavy (non-hydrogen) atoms. The maximum Gasteiger partial charge on any atom is 0.407 e. The zero-order valence-electron chi connectivity index (χ0n) is 16.3. The van der Waals surface area contributed by atoms with Crippen molar-refractivity contribution in [3.8, 4) is 11.1 Å². The summed E-state index contributed by atoms with van der Waals surface area (Å²) in [5, 5.41) is 12.2. The van der Waals surface area contributed by atoms with Crippen LogP contribution in [0.3, 0.4) is 0 Å². The van der Waals surface area contributed by atoms with Crippen molar-refractivity contribution in [2.75, 3.05) is 6.61 Å². The SMILES string of the molecule is O=C(O)CC1CC(NC(=O)OCC2c3ccccc3-c3ccccc32)C12CCC2. The van der Waals surface area contributed by atoms with Crippen molar-refractivity contribution >= 4 is 12.1 Å². The van der Waals surface area contributed by atoms with E-state index in [0.29, 0.717) is 6.61 Å². The summed E-state index contributed by atoms with van der Waals surface area (Å²) in [6, 6.07) is 16.6. The number of carboxylic acids is 1. The van der Waals surface area contributed by atoms with Gasteiger partial charge in [0.2, 0.25) is 0 Å². The van der Waals surface area contributed by atoms with Crippen LogP contribution in [0.5, 0.6) is 0 Å². The predicted octanol–water partition coefficient (Wildman–Crippen LogP) is 4.56. The molecule has 2 unspecified atom stereocenters. The Morgan fingerprint density at radius 3 is 2.21 bits per heavy atom. The van der Waals surface area contributed by atoms with E-state index in [4.69, 9.17) is 9.84 Å². The van der Waals surface area contributed by atoms with Crippen molar-refractivity contribution in [1.29, 1.82) is 0 Å². The lowest BCUT2D eigenvalue weighted by molar-refractivity contribution is -0.147. The van der Waals surface area contributed by atoms with Gasteiger partial charge in [-0.2, -0.15) is 0 Å². The van der Waals surface area contributed by atoms with Gasteiger partial charge in [-0.15, -0.1) is 0 Å². The van der Waals surface area contributed by atoms with Crippen LogP contribution in [-0.2, 0) is 9.53 Å². The van der Waals surface area contributed by atoms with Gasteiger partial charge >= 0.3 is 12.1 Å². The Morgan fingerprint density at radius 2 is 1.66 bits per heavy atom. The van der Waals surface area contributed by atoms with Crippen LogP contribution in [0.4, 0.5) is 4.79 Å². The van der Waals surface area contributed by atoms with E-state index >= 15 is 0 Å². The van der Waals surface area contributed by atoms with Crippen LogP contribution in [0.15, 0.2) is 48.5 Å². The number of hydrogen-bond acceptors (Lipinski definition) is 3. The minimum Gasteiger partial charge on any atom is -0.481 e. The van der Waals surface area contributed by atoms with Gasteiger partial charge in [-0.1, -0.05) is 55.0 Å². The van der Waals surface area contributed by atoms with Gasteiger partial charge in [-0.3, -0.25) is 4.79 Å². The summed E-state index contributed by atoms with van der Waals surface area (Å²) >= 11 is 0. The third-order valence-electron chi connectivity index (χ3n) is 7.37. The minimum atomic E-state index is -0.749. The number of carboxylic acid groups (broad SMARTS) is 1. The Balaban J connectivity index is 1.24. The first-order chi connectivity index (χ1) is 14.1. The molecule has 2 saturated carbocycles. The third-order valence-corrected chi connectivity index (χ3v) is 7.37. The fourth-order valence-corrected chi connectivity index (χ4v) is 5.70. The van der Waals surface area contributed by atoms with Crippen LogP contribution < -0.4 is 5.32 Å². The van der Waals surface area contributed by atoms with Crippen molar-refractivity contribution in [2.45, 2.75) is 44.1 Å². The summed E-state index contributed by atoms with van der Waals surface area (Å²) in [5.41, 5.74) is 4.79. The molecule has 0 heterocycles. The largest absolute Gasteiger partial charge is 0.481 e. The third kappa shape index (κ3) is 2.91. The number of amides is 1. The molecule has 0 saturated heterocycles. The van der Waals surface area contributed by atoms with Crippen molar-refractivity contribution < 1.29 is 19.4 Å². The molecule has 150 valence electrons. The first-order valence-corrected chi connectivity index (χ1v) is 10.4. The molecule has 3 aliphatic carbocycles. The highest BCUT2D eigenvalue weighted by Gasteiger charge is 2.58. The van der Waals surface area contributed by atoms with Crippen molar-refractivity contribution in [2.24, 2.45) is 11.3 Å². The van der Waals surface area contributed by atoms with Gasteiger partial charge < -0.3 is 15.2 Å². The molecule has 2 atom stereocenters. The number of aliphatic carboxylic acids is 1. The van der Waals surface area contributed by atoms with E-state index in [2.05, 4.69) is 29.6 Å². The van der Waals surface area contributed by atoms with Crippen LogP contribution in [-0.4, -0.2) is 29.8 Å². The number of benzene rings is 2. The second-order valence-corrected chi connectivity index (χ2v) is 8.64. The van der Waals surface area contributed by atoms with Gasteiger partial charge in [-0.05, 0) is 52.8 Å². The molecule has 0 bridgehead atoms. The molecule has 0 aromatic heterocycles. The van der Waals surface area contributed by atoms with E-state index in [0.717, 1.165) is 25.7 Å². The molecular weight excluding hydrogens is 366 g/mol. The Morgan fingerprint density at radius 1 is 1.03 bits per heavy atom. The summed E-state index contributed by atoms with van der Waals surface area (Å²) < 4.78 is 5.66. The topological polar surface area (TPSA) is 75.6 Å². The van der Waals surface area contributed by atoms with E-state index in [1.165, 1.54) is 22.3 Å². The fourth-order valence-electron chi connectivity index (χ4n) is 5.70. The van der Waals surface area contributed by atoms with Crippen molar-refractivity contribution in [1.82, 2.24) is 5.32 Å². The number of nitrogens with one attached hydrogen (secondary N) is 1. The number of rotatable bonds is 5. The van der Waals surface area contributed by atoms with E-state index in [1.54, 1.807) is 0 Å². The molecule has 2 fully saturated rings. The highest BCUT2D eigenvalue weighted by Crippen LogP contribution is 2.61. The molecule has 5 nitrogen and oxygen atoms in total. The van der Waals surface area contributed by atoms with Crippen molar-refractivity contribution in [3.63, 3.8) is 0 Å². The molecule has 2 N–H and O–H groups in total. The smallest absolute Gasteiger partial charge is 0.407 e. The van der Waals surface area contributed by atoms with Gasteiger partial charge in [-0.25, -0.2) is 4.79 Å². The van der Waals surface area contributed by atoms with Gasteiger partial charge in [0, 0.05) is 18.4 Å². The standard InChI is InChI=1S/C24H25NO4/c26-22(27)13-15-12-21(24(15)10-5-11-24)25-23(28)29-14-20-18-8-3-1-6-16(18)17-7-2-4-9-19(17)20/h1-4,6-9,15,20-21H,5,10-14H2,(H,25,28)(H,26,27). The highest BCUT2D eigenvalue weighted by molar-refractivity contribution is 5.79. The fraction of sp³-hybridized carbons (Fsp3) is 0.417. The Kier molecular flexibility index (Phi) is 4.34. The maximum absolute atomic E-state index is 12.5. The van der Waals surface area contributed by atoms with Crippen LogP contribution in [0, 0.1) is 11.3 Å². The van der Waals surface area contributed by atoms with Crippen molar-refractivity contribution in [3.05, 3.63) is 59.7 Å². The Bertz CT molecular complexity index is 919. The molecule has 1 amide bonds. The first kappa shape index (κ1) is 18.2. The van der Waals surface area contributed by atoms with Gasteiger partial charge in [0.15, 0.2) is 0 Å². The summed E-state index contributed by atoms with van der Waals surface area (Å²) in [5.74, 6) is -0.527. The van der Waals surface area contributed by atoms with Gasteiger partial charge in [0.1, 0.15) is 6.61 Å². The monoisotopic (exact) mass is 391 g/mol. The normalized spacial score (nSPS) is 23.4.